The van der Waals surface area contributed by atoms with Crippen molar-refractivity contribution < 1.29 is 4.74 Å². The first-order valence-electron chi connectivity index (χ1n) is 7.19. The molecule has 0 fully saturated rings. The largest absolute Gasteiger partial charge is 0.394 e. The van der Waals surface area contributed by atoms with E-state index in [-0.39, 0.29) is 0 Å². The Bertz CT molecular complexity index is 374. The van der Waals surface area contributed by atoms with Crippen molar-refractivity contribution in [3.05, 3.63) is 5.69 Å². The van der Waals surface area contributed by atoms with Crippen molar-refractivity contribution in [3.63, 3.8) is 0 Å². The highest BCUT2D eigenvalue weighted by molar-refractivity contribution is 5.64. The van der Waals surface area contributed by atoms with Gasteiger partial charge in [-0.2, -0.15) is 5.10 Å². The number of ether oxygens (including phenoxy) is 1. The van der Waals surface area contributed by atoms with Crippen LogP contribution in [-0.2, 0) is 18.2 Å². The summed E-state index contributed by atoms with van der Waals surface area (Å²) in [5.41, 5.74) is 7.87. The van der Waals surface area contributed by atoms with Gasteiger partial charge in [-0.3, -0.25) is 4.68 Å². The summed E-state index contributed by atoms with van der Waals surface area (Å²) >= 11 is 0. The van der Waals surface area contributed by atoms with Crippen LogP contribution in [0, 0.1) is 5.92 Å². The second-order valence-electron chi connectivity index (χ2n) is 5.33. The fraction of sp³-hybridized carbons (Fsp3) is 0.786. The number of nitrogen functional groups attached to an aromatic ring is 1. The van der Waals surface area contributed by atoms with Crippen LogP contribution in [0.4, 0.5) is 11.5 Å². The number of hydrogen-bond acceptors (Lipinski definition) is 4. The SMILES string of the molecule is CCCc1nn(C)c(NCCCOCC(C)C)c1N. The summed E-state index contributed by atoms with van der Waals surface area (Å²) in [5.74, 6) is 1.52. The number of rotatable bonds is 9. The van der Waals surface area contributed by atoms with Gasteiger partial charge in [-0.1, -0.05) is 27.2 Å². The predicted octanol–water partition coefficient (Wildman–Crippen LogP) is 2.43. The van der Waals surface area contributed by atoms with Gasteiger partial charge in [0.1, 0.15) is 5.82 Å². The monoisotopic (exact) mass is 268 g/mol. The van der Waals surface area contributed by atoms with Crippen molar-refractivity contribution in [1.82, 2.24) is 9.78 Å². The minimum atomic E-state index is 0.595. The van der Waals surface area contributed by atoms with Crippen molar-refractivity contribution in [3.8, 4) is 0 Å². The van der Waals surface area contributed by atoms with Gasteiger partial charge in [0.15, 0.2) is 0 Å². The number of aryl methyl sites for hydroxylation is 2. The molecule has 0 aliphatic rings. The highest BCUT2D eigenvalue weighted by Crippen LogP contribution is 2.22. The van der Waals surface area contributed by atoms with Crippen LogP contribution in [0.1, 0.15) is 39.3 Å². The lowest BCUT2D eigenvalue weighted by Crippen LogP contribution is -2.11. The fourth-order valence-corrected chi connectivity index (χ4v) is 1.93. The van der Waals surface area contributed by atoms with Gasteiger partial charge in [0, 0.05) is 26.8 Å². The third-order valence-electron chi connectivity index (χ3n) is 2.86. The zero-order valence-corrected chi connectivity index (χ0v) is 12.7. The van der Waals surface area contributed by atoms with Gasteiger partial charge in [-0.05, 0) is 18.8 Å². The summed E-state index contributed by atoms with van der Waals surface area (Å²) in [6.07, 6.45) is 2.96. The molecule has 1 aromatic heterocycles. The summed E-state index contributed by atoms with van der Waals surface area (Å²) in [5, 5.41) is 7.78. The van der Waals surface area contributed by atoms with Crippen molar-refractivity contribution in [2.45, 2.75) is 40.0 Å². The fourth-order valence-electron chi connectivity index (χ4n) is 1.93. The number of nitrogens with zero attached hydrogens (tertiary/aromatic N) is 2. The van der Waals surface area contributed by atoms with Crippen LogP contribution in [-0.4, -0.2) is 29.5 Å². The van der Waals surface area contributed by atoms with Crippen LogP contribution in [0.5, 0.6) is 0 Å². The predicted molar refractivity (Wildman–Crippen MR) is 80.4 cm³/mol. The second kappa shape index (κ2) is 8.04. The van der Waals surface area contributed by atoms with E-state index in [0.29, 0.717) is 5.92 Å². The molecule has 0 unspecified atom stereocenters. The normalized spacial score (nSPS) is 11.2. The number of hydrogen-bond donors (Lipinski definition) is 2. The van der Waals surface area contributed by atoms with E-state index >= 15 is 0 Å². The van der Waals surface area contributed by atoms with E-state index in [9.17, 15) is 0 Å². The number of nitrogens with one attached hydrogen (secondary N) is 1. The molecule has 0 saturated carbocycles. The molecule has 0 aliphatic carbocycles. The minimum Gasteiger partial charge on any atom is -0.394 e. The smallest absolute Gasteiger partial charge is 0.147 e. The van der Waals surface area contributed by atoms with E-state index in [1.54, 1.807) is 0 Å². The average Bonchev–Trinajstić information content (AvgIpc) is 2.60. The molecule has 110 valence electrons. The Morgan fingerprint density at radius 3 is 2.79 bits per heavy atom. The number of anilines is 2. The van der Waals surface area contributed by atoms with Crippen molar-refractivity contribution >= 4 is 11.5 Å². The molecule has 1 rings (SSSR count). The zero-order chi connectivity index (χ0) is 14.3. The first kappa shape index (κ1) is 15.8. The Balaban J connectivity index is 2.33. The molecule has 0 saturated heterocycles. The van der Waals surface area contributed by atoms with Gasteiger partial charge in [0.05, 0.1) is 11.4 Å². The lowest BCUT2D eigenvalue weighted by Gasteiger charge is -2.09. The molecule has 1 aromatic rings. The highest BCUT2D eigenvalue weighted by Gasteiger charge is 2.11. The van der Waals surface area contributed by atoms with Gasteiger partial charge in [-0.15, -0.1) is 0 Å². The van der Waals surface area contributed by atoms with E-state index < -0.39 is 0 Å². The van der Waals surface area contributed by atoms with Crippen molar-refractivity contribution in [2.75, 3.05) is 30.8 Å². The van der Waals surface area contributed by atoms with Crippen LogP contribution in [0.25, 0.3) is 0 Å². The van der Waals surface area contributed by atoms with Crippen molar-refractivity contribution in [2.24, 2.45) is 13.0 Å². The van der Waals surface area contributed by atoms with E-state index in [0.717, 1.165) is 56.2 Å². The summed E-state index contributed by atoms with van der Waals surface area (Å²) in [6, 6.07) is 0. The summed E-state index contributed by atoms with van der Waals surface area (Å²) < 4.78 is 7.37. The van der Waals surface area contributed by atoms with Crippen LogP contribution in [0.15, 0.2) is 0 Å². The molecule has 0 bridgehead atoms. The summed E-state index contributed by atoms with van der Waals surface area (Å²) in [7, 11) is 1.92. The molecular weight excluding hydrogens is 240 g/mol. The van der Waals surface area contributed by atoms with Crippen LogP contribution < -0.4 is 11.1 Å². The molecule has 0 atom stereocenters. The third kappa shape index (κ3) is 5.11. The first-order valence-corrected chi connectivity index (χ1v) is 7.19. The molecule has 19 heavy (non-hydrogen) atoms. The molecule has 1 heterocycles. The first-order chi connectivity index (χ1) is 9.06. The molecule has 5 heteroatoms. The summed E-state index contributed by atoms with van der Waals surface area (Å²) in [4.78, 5) is 0. The molecule has 5 nitrogen and oxygen atoms in total. The lowest BCUT2D eigenvalue weighted by atomic mass is 10.2. The standard InChI is InChI=1S/C14H28N4O/c1-5-7-12-13(15)14(18(4)17-12)16-8-6-9-19-10-11(2)3/h11,16H,5-10,15H2,1-4H3. The molecule has 0 radical (unpaired) electrons. The molecule has 0 amide bonds. The highest BCUT2D eigenvalue weighted by atomic mass is 16.5. The molecule has 3 N–H and O–H groups in total. The van der Waals surface area contributed by atoms with Crippen molar-refractivity contribution in [1.29, 1.82) is 0 Å². The summed E-state index contributed by atoms with van der Waals surface area (Å²) in [6.45, 7) is 8.91. The maximum absolute atomic E-state index is 6.09. The topological polar surface area (TPSA) is 65.1 Å². The van der Waals surface area contributed by atoms with Gasteiger partial charge >= 0.3 is 0 Å². The quantitative estimate of drug-likeness (QED) is 0.675. The number of nitrogens with two attached hydrogens (primary N) is 1. The maximum Gasteiger partial charge on any atom is 0.147 e. The van der Waals surface area contributed by atoms with Gasteiger partial charge in [0.2, 0.25) is 0 Å². The maximum atomic E-state index is 6.09. The Morgan fingerprint density at radius 2 is 2.16 bits per heavy atom. The zero-order valence-electron chi connectivity index (χ0n) is 12.7. The molecule has 0 spiro atoms. The lowest BCUT2D eigenvalue weighted by molar-refractivity contribution is 0.110. The Morgan fingerprint density at radius 1 is 1.42 bits per heavy atom. The van der Waals surface area contributed by atoms with E-state index in [4.69, 9.17) is 10.5 Å². The Hall–Kier alpha value is -1.23. The van der Waals surface area contributed by atoms with E-state index in [1.807, 2.05) is 11.7 Å². The second-order valence-corrected chi connectivity index (χ2v) is 5.33. The van der Waals surface area contributed by atoms with Crippen LogP contribution in [0.2, 0.25) is 0 Å². The Labute approximate surface area is 116 Å². The van der Waals surface area contributed by atoms with Gasteiger partial charge in [-0.25, -0.2) is 0 Å². The third-order valence-corrected chi connectivity index (χ3v) is 2.86. The van der Waals surface area contributed by atoms with E-state index in [1.165, 1.54) is 0 Å². The molecule has 0 aliphatic heterocycles. The number of aromatic nitrogens is 2. The van der Waals surface area contributed by atoms with E-state index in [2.05, 4.69) is 31.2 Å². The van der Waals surface area contributed by atoms with Crippen LogP contribution >= 0.6 is 0 Å². The molecule has 0 aromatic carbocycles. The van der Waals surface area contributed by atoms with Gasteiger partial charge in [0.25, 0.3) is 0 Å². The van der Waals surface area contributed by atoms with Gasteiger partial charge < -0.3 is 15.8 Å². The van der Waals surface area contributed by atoms with Crippen LogP contribution in [0.3, 0.4) is 0 Å². The Kier molecular flexibility index (Phi) is 6.70. The molecular formula is C14H28N4O. The average molecular weight is 268 g/mol. The minimum absolute atomic E-state index is 0.595.